The highest BCUT2D eigenvalue weighted by Gasteiger charge is 2.13. The third-order valence-corrected chi connectivity index (χ3v) is 4.46. The molecule has 0 radical (unpaired) electrons. The van der Waals surface area contributed by atoms with Crippen LogP contribution in [0.5, 0.6) is 5.75 Å². The summed E-state index contributed by atoms with van der Waals surface area (Å²) in [6, 6.07) is 12.0. The molecule has 0 spiro atoms. The lowest BCUT2D eigenvalue weighted by atomic mass is 10.2. The van der Waals surface area contributed by atoms with Crippen LogP contribution in [0.4, 0.5) is 0 Å². The van der Waals surface area contributed by atoms with Crippen molar-refractivity contribution in [2.75, 3.05) is 20.2 Å². The molecule has 0 aromatic heterocycles. The van der Waals surface area contributed by atoms with Crippen LogP contribution < -0.4 is 10.1 Å². The first-order chi connectivity index (χ1) is 12.9. The number of carbonyl (C=O) groups is 2. The number of amides is 2. The van der Waals surface area contributed by atoms with Crippen LogP contribution in [0.2, 0.25) is 10.0 Å². The Morgan fingerprint density at radius 2 is 1.85 bits per heavy atom. The summed E-state index contributed by atoms with van der Waals surface area (Å²) in [6.07, 6.45) is 1.67. The average Bonchev–Trinajstić information content (AvgIpc) is 2.67. The SMILES string of the molecule is C=CCOc1ccc(CN(C)C(=O)CNC(=O)c2ccc(Cl)c(Cl)c2)cc1. The van der Waals surface area contributed by atoms with Gasteiger partial charge in [-0.3, -0.25) is 9.59 Å². The van der Waals surface area contributed by atoms with Gasteiger partial charge in [0, 0.05) is 19.2 Å². The van der Waals surface area contributed by atoms with Gasteiger partial charge in [-0.05, 0) is 35.9 Å². The molecule has 0 aliphatic heterocycles. The molecule has 2 rings (SSSR count). The maximum absolute atomic E-state index is 12.2. The van der Waals surface area contributed by atoms with E-state index in [1.807, 2.05) is 24.3 Å². The lowest BCUT2D eigenvalue weighted by molar-refractivity contribution is -0.129. The number of benzene rings is 2. The van der Waals surface area contributed by atoms with Crippen molar-refractivity contribution in [1.29, 1.82) is 0 Å². The summed E-state index contributed by atoms with van der Waals surface area (Å²) in [7, 11) is 1.68. The normalized spacial score (nSPS) is 10.2. The summed E-state index contributed by atoms with van der Waals surface area (Å²) >= 11 is 11.7. The zero-order valence-electron chi connectivity index (χ0n) is 14.9. The minimum atomic E-state index is -0.390. The molecule has 5 nitrogen and oxygen atoms in total. The molecule has 27 heavy (non-hydrogen) atoms. The third-order valence-electron chi connectivity index (χ3n) is 3.72. The predicted octanol–water partition coefficient (Wildman–Crippen LogP) is 3.95. The first-order valence-corrected chi connectivity index (χ1v) is 8.96. The number of nitrogens with zero attached hydrogens (tertiary/aromatic N) is 1. The van der Waals surface area contributed by atoms with Crippen LogP contribution in [-0.2, 0) is 11.3 Å². The maximum Gasteiger partial charge on any atom is 0.251 e. The van der Waals surface area contributed by atoms with Crippen molar-refractivity contribution in [3.05, 3.63) is 76.3 Å². The van der Waals surface area contributed by atoms with E-state index in [0.717, 1.165) is 11.3 Å². The van der Waals surface area contributed by atoms with Crippen molar-refractivity contribution in [1.82, 2.24) is 10.2 Å². The summed E-state index contributed by atoms with van der Waals surface area (Å²) in [5.74, 6) is 0.135. The second-order valence-corrected chi connectivity index (χ2v) is 6.62. The van der Waals surface area contributed by atoms with Gasteiger partial charge in [0.05, 0.1) is 16.6 Å². The van der Waals surface area contributed by atoms with Crippen molar-refractivity contribution in [3.8, 4) is 5.75 Å². The van der Waals surface area contributed by atoms with Gasteiger partial charge >= 0.3 is 0 Å². The van der Waals surface area contributed by atoms with Crippen molar-refractivity contribution in [2.24, 2.45) is 0 Å². The fourth-order valence-corrected chi connectivity index (χ4v) is 2.54. The molecule has 2 aromatic carbocycles. The van der Waals surface area contributed by atoms with Crippen LogP contribution in [-0.4, -0.2) is 36.9 Å². The molecule has 2 amide bonds. The molecule has 1 N–H and O–H groups in total. The number of nitrogens with one attached hydrogen (secondary N) is 1. The Morgan fingerprint density at radius 3 is 2.48 bits per heavy atom. The standard InChI is InChI=1S/C20H20Cl2N2O3/c1-3-10-27-16-7-4-14(5-8-16)13-24(2)19(25)12-23-20(26)15-6-9-17(21)18(22)11-15/h3-9,11H,1,10,12-13H2,2H3,(H,23,26). The number of rotatable bonds is 8. The monoisotopic (exact) mass is 406 g/mol. The van der Waals surface area contributed by atoms with Crippen LogP contribution >= 0.6 is 23.2 Å². The lowest BCUT2D eigenvalue weighted by Gasteiger charge is -2.18. The summed E-state index contributed by atoms with van der Waals surface area (Å²) in [5.41, 5.74) is 1.29. The van der Waals surface area contributed by atoms with Crippen molar-refractivity contribution < 1.29 is 14.3 Å². The molecule has 7 heteroatoms. The summed E-state index contributed by atoms with van der Waals surface area (Å²) in [4.78, 5) is 25.9. The third kappa shape index (κ3) is 6.31. The van der Waals surface area contributed by atoms with Gasteiger partial charge in [0.15, 0.2) is 0 Å². The first-order valence-electron chi connectivity index (χ1n) is 8.20. The molecule has 0 fully saturated rings. The number of hydrogen-bond donors (Lipinski definition) is 1. The molecular weight excluding hydrogens is 387 g/mol. The van der Waals surface area contributed by atoms with E-state index in [2.05, 4.69) is 11.9 Å². The smallest absolute Gasteiger partial charge is 0.251 e. The van der Waals surface area contributed by atoms with Gasteiger partial charge in [0.25, 0.3) is 5.91 Å². The van der Waals surface area contributed by atoms with Crippen molar-refractivity contribution >= 4 is 35.0 Å². The van der Waals surface area contributed by atoms with Gasteiger partial charge in [-0.15, -0.1) is 0 Å². The quantitative estimate of drug-likeness (QED) is 0.675. The highest BCUT2D eigenvalue weighted by Crippen LogP contribution is 2.22. The van der Waals surface area contributed by atoms with Gasteiger partial charge in [-0.1, -0.05) is 48.0 Å². The molecule has 2 aromatic rings. The minimum absolute atomic E-state index is 0.115. The zero-order valence-corrected chi connectivity index (χ0v) is 16.4. The second-order valence-electron chi connectivity index (χ2n) is 5.80. The van der Waals surface area contributed by atoms with Crippen LogP contribution in [0.25, 0.3) is 0 Å². The highest BCUT2D eigenvalue weighted by atomic mass is 35.5. The van der Waals surface area contributed by atoms with E-state index in [-0.39, 0.29) is 23.4 Å². The molecule has 0 atom stereocenters. The first kappa shape index (κ1) is 20.8. The van der Waals surface area contributed by atoms with E-state index in [1.54, 1.807) is 19.2 Å². The van der Waals surface area contributed by atoms with E-state index >= 15 is 0 Å². The molecule has 142 valence electrons. The summed E-state index contributed by atoms with van der Waals surface area (Å²) < 4.78 is 5.42. The summed E-state index contributed by atoms with van der Waals surface area (Å²) in [5, 5.41) is 3.23. The van der Waals surface area contributed by atoms with Gasteiger partial charge in [0.2, 0.25) is 5.91 Å². The Labute approximate surface area is 168 Å². The van der Waals surface area contributed by atoms with Crippen LogP contribution in [0, 0.1) is 0 Å². The minimum Gasteiger partial charge on any atom is -0.490 e. The largest absolute Gasteiger partial charge is 0.490 e. The maximum atomic E-state index is 12.2. The fraction of sp³-hybridized carbons (Fsp3) is 0.200. The van der Waals surface area contributed by atoms with Crippen molar-refractivity contribution in [3.63, 3.8) is 0 Å². The highest BCUT2D eigenvalue weighted by molar-refractivity contribution is 6.42. The number of likely N-dealkylation sites (N-methyl/N-ethyl adjacent to an activating group) is 1. The lowest BCUT2D eigenvalue weighted by Crippen LogP contribution is -2.37. The van der Waals surface area contributed by atoms with E-state index in [9.17, 15) is 9.59 Å². The van der Waals surface area contributed by atoms with E-state index in [1.165, 1.54) is 17.0 Å². The molecule has 0 aliphatic rings. The molecule has 0 saturated carbocycles. The van der Waals surface area contributed by atoms with Crippen LogP contribution in [0.3, 0.4) is 0 Å². The Bertz CT molecular complexity index is 822. The number of halogens is 2. The van der Waals surface area contributed by atoms with Gasteiger partial charge in [-0.2, -0.15) is 0 Å². The Morgan fingerprint density at radius 1 is 1.15 bits per heavy atom. The molecule has 0 bridgehead atoms. The second kappa shape index (κ2) is 10.00. The van der Waals surface area contributed by atoms with Gasteiger partial charge in [-0.25, -0.2) is 0 Å². The van der Waals surface area contributed by atoms with E-state index in [4.69, 9.17) is 27.9 Å². The number of hydrogen-bond acceptors (Lipinski definition) is 3. The van der Waals surface area contributed by atoms with E-state index in [0.29, 0.717) is 23.7 Å². The average molecular weight is 407 g/mol. The zero-order chi connectivity index (χ0) is 19.8. The molecule has 0 heterocycles. The summed E-state index contributed by atoms with van der Waals surface area (Å²) in [6.45, 7) is 4.34. The molecular formula is C20H20Cl2N2O3. The van der Waals surface area contributed by atoms with Gasteiger partial charge in [0.1, 0.15) is 12.4 Å². The number of ether oxygens (including phenoxy) is 1. The topological polar surface area (TPSA) is 58.6 Å². The fourth-order valence-electron chi connectivity index (χ4n) is 2.24. The van der Waals surface area contributed by atoms with Crippen molar-refractivity contribution in [2.45, 2.75) is 6.54 Å². The van der Waals surface area contributed by atoms with Crippen LogP contribution in [0.15, 0.2) is 55.1 Å². The number of carbonyl (C=O) groups excluding carboxylic acids is 2. The molecule has 0 aliphatic carbocycles. The predicted molar refractivity (Wildman–Crippen MR) is 107 cm³/mol. The van der Waals surface area contributed by atoms with E-state index < -0.39 is 0 Å². The Balaban J connectivity index is 1.85. The Hall–Kier alpha value is -2.50. The van der Waals surface area contributed by atoms with Crippen LogP contribution in [0.1, 0.15) is 15.9 Å². The Kier molecular flexibility index (Phi) is 7.70. The van der Waals surface area contributed by atoms with Gasteiger partial charge < -0.3 is 15.0 Å². The molecule has 0 saturated heterocycles. The molecule has 0 unspecified atom stereocenters.